The molecule has 16 heavy (non-hydrogen) atoms. The van der Waals surface area contributed by atoms with Crippen LogP contribution in [-0.4, -0.2) is 15.0 Å². The van der Waals surface area contributed by atoms with Crippen molar-refractivity contribution >= 4 is 49.2 Å². The second-order valence-electron chi connectivity index (χ2n) is 2.92. The van der Waals surface area contributed by atoms with Crippen LogP contribution in [0.1, 0.15) is 0 Å². The van der Waals surface area contributed by atoms with Crippen LogP contribution in [-0.2, 0) is 10.0 Å². The van der Waals surface area contributed by atoms with Gasteiger partial charge in [-0.25, -0.2) is 13.1 Å². The molecule has 1 N–H and O–H groups in total. The molecule has 7 heteroatoms. The molecule has 1 aromatic rings. The fourth-order valence-electron chi connectivity index (χ4n) is 0.944. The summed E-state index contributed by atoms with van der Waals surface area (Å²) in [5.41, 5.74) is 0. The molecule has 1 aromatic carbocycles. The number of benzene rings is 1. The molecular weight excluding hydrogens is 337 g/mol. The van der Waals surface area contributed by atoms with Gasteiger partial charge >= 0.3 is 0 Å². The minimum absolute atomic E-state index is 0.00952. The fourth-order valence-corrected chi connectivity index (χ4v) is 3.15. The van der Waals surface area contributed by atoms with Crippen molar-refractivity contribution in [2.75, 3.05) is 6.54 Å². The predicted octanol–water partition coefficient (Wildman–Crippen LogP) is 3.13. The summed E-state index contributed by atoms with van der Waals surface area (Å²) < 4.78 is 26.5. The van der Waals surface area contributed by atoms with E-state index in [1.54, 1.807) is 6.07 Å². The fraction of sp³-hybridized carbons (Fsp3) is 0.111. The lowest BCUT2D eigenvalue weighted by Crippen LogP contribution is -2.25. The summed E-state index contributed by atoms with van der Waals surface area (Å²) in [6.45, 7) is 3.35. The molecule has 0 radical (unpaired) electrons. The smallest absolute Gasteiger partial charge is 0.207 e. The highest BCUT2D eigenvalue weighted by Gasteiger charge is 2.17. The van der Waals surface area contributed by atoms with Crippen molar-refractivity contribution in [3.05, 3.63) is 39.3 Å². The Morgan fingerprint density at radius 3 is 2.62 bits per heavy atom. The van der Waals surface area contributed by atoms with Gasteiger partial charge in [0.1, 0.15) is 4.90 Å². The molecule has 0 unspecified atom stereocenters. The van der Waals surface area contributed by atoms with Crippen molar-refractivity contribution in [1.29, 1.82) is 0 Å². The molecular formula is C9H8BrCl2NO2S. The normalized spacial score (nSPS) is 11.4. The molecule has 88 valence electrons. The van der Waals surface area contributed by atoms with Gasteiger partial charge in [0.25, 0.3) is 0 Å². The van der Waals surface area contributed by atoms with E-state index in [0.717, 1.165) is 0 Å². The van der Waals surface area contributed by atoms with Crippen LogP contribution in [0.4, 0.5) is 0 Å². The number of sulfonamides is 1. The number of rotatable bonds is 4. The van der Waals surface area contributed by atoms with E-state index in [1.807, 2.05) is 0 Å². The number of nitrogens with one attached hydrogen (secondary N) is 1. The lowest BCUT2D eigenvalue weighted by atomic mass is 10.4. The van der Waals surface area contributed by atoms with Gasteiger partial charge in [0, 0.05) is 16.0 Å². The molecule has 3 nitrogen and oxygen atoms in total. The Labute approximate surface area is 113 Å². The average Bonchev–Trinajstić information content (AvgIpc) is 2.14. The average molecular weight is 345 g/mol. The van der Waals surface area contributed by atoms with Crippen molar-refractivity contribution in [3.63, 3.8) is 0 Å². The second kappa shape index (κ2) is 5.51. The van der Waals surface area contributed by atoms with Crippen LogP contribution in [0.25, 0.3) is 0 Å². The standard InChI is InChI=1S/C9H8BrCl2NO2S/c1-6(11)5-13-16(14,15)9-3-2-7(10)4-8(9)12/h2-4,13H,1,5H2. The highest BCUT2D eigenvalue weighted by atomic mass is 79.9. The third-order valence-electron chi connectivity index (χ3n) is 1.64. The van der Waals surface area contributed by atoms with Gasteiger partial charge in [0.2, 0.25) is 10.0 Å². The summed E-state index contributed by atoms with van der Waals surface area (Å²) >= 11 is 14.5. The first-order valence-electron chi connectivity index (χ1n) is 4.11. The molecule has 0 saturated carbocycles. The zero-order chi connectivity index (χ0) is 12.3. The number of hydrogen-bond acceptors (Lipinski definition) is 2. The maximum absolute atomic E-state index is 11.8. The highest BCUT2D eigenvalue weighted by molar-refractivity contribution is 9.10. The third kappa shape index (κ3) is 3.75. The molecule has 0 aliphatic rings. The van der Waals surface area contributed by atoms with Crippen molar-refractivity contribution in [2.24, 2.45) is 0 Å². The summed E-state index contributed by atoms with van der Waals surface area (Å²) in [5, 5.41) is 0.346. The number of hydrogen-bond donors (Lipinski definition) is 1. The van der Waals surface area contributed by atoms with Gasteiger partial charge < -0.3 is 0 Å². The van der Waals surface area contributed by atoms with Crippen molar-refractivity contribution in [3.8, 4) is 0 Å². The van der Waals surface area contributed by atoms with Gasteiger partial charge in [-0.05, 0) is 18.2 Å². The Balaban J connectivity index is 3.03. The zero-order valence-corrected chi connectivity index (χ0v) is 11.9. The van der Waals surface area contributed by atoms with E-state index >= 15 is 0 Å². The molecule has 0 fully saturated rings. The van der Waals surface area contributed by atoms with Gasteiger partial charge in [0.05, 0.1) is 5.02 Å². The number of halogens is 3. The van der Waals surface area contributed by atoms with Gasteiger partial charge in [-0.2, -0.15) is 0 Å². The van der Waals surface area contributed by atoms with Crippen LogP contribution in [0.2, 0.25) is 5.02 Å². The summed E-state index contributed by atoms with van der Waals surface area (Å²) in [5.74, 6) is 0. The molecule has 0 heterocycles. The van der Waals surface area contributed by atoms with E-state index in [2.05, 4.69) is 27.2 Å². The molecule has 0 spiro atoms. The van der Waals surface area contributed by atoms with E-state index in [-0.39, 0.29) is 21.5 Å². The lowest BCUT2D eigenvalue weighted by molar-refractivity contribution is 0.585. The SMILES string of the molecule is C=C(Cl)CNS(=O)(=O)c1ccc(Br)cc1Cl. The Kier molecular flexibility index (Phi) is 4.82. The van der Waals surface area contributed by atoms with Crippen LogP contribution < -0.4 is 4.72 Å². The van der Waals surface area contributed by atoms with Crippen LogP contribution in [0.3, 0.4) is 0 Å². The summed E-state index contributed by atoms with van der Waals surface area (Å²) in [6.07, 6.45) is 0. The zero-order valence-electron chi connectivity index (χ0n) is 8.00. The van der Waals surface area contributed by atoms with Gasteiger partial charge in [-0.3, -0.25) is 0 Å². The van der Waals surface area contributed by atoms with Crippen LogP contribution in [0, 0.1) is 0 Å². The molecule has 0 bridgehead atoms. The van der Waals surface area contributed by atoms with Crippen molar-refractivity contribution < 1.29 is 8.42 Å². The van der Waals surface area contributed by atoms with E-state index in [0.29, 0.717) is 4.47 Å². The Morgan fingerprint density at radius 1 is 1.50 bits per heavy atom. The Hall–Kier alpha value is -0.0700. The minimum atomic E-state index is -3.65. The topological polar surface area (TPSA) is 46.2 Å². The van der Waals surface area contributed by atoms with E-state index in [4.69, 9.17) is 23.2 Å². The quantitative estimate of drug-likeness (QED) is 0.912. The predicted molar refractivity (Wildman–Crippen MR) is 69.3 cm³/mol. The van der Waals surface area contributed by atoms with Crippen LogP contribution in [0.5, 0.6) is 0 Å². The monoisotopic (exact) mass is 343 g/mol. The molecule has 0 saturated heterocycles. The maximum atomic E-state index is 11.8. The molecule has 1 rings (SSSR count). The molecule has 0 aromatic heterocycles. The summed E-state index contributed by atoms with van der Waals surface area (Å²) in [4.78, 5) is 0.00952. The van der Waals surface area contributed by atoms with E-state index < -0.39 is 10.0 Å². The minimum Gasteiger partial charge on any atom is -0.207 e. The second-order valence-corrected chi connectivity index (χ2v) is 6.51. The van der Waals surface area contributed by atoms with Crippen LogP contribution in [0.15, 0.2) is 39.2 Å². The third-order valence-corrected chi connectivity index (χ3v) is 4.15. The summed E-state index contributed by atoms with van der Waals surface area (Å²) in [6, 6.07) is 4.51. The Morgan fingerprint density at radius 2 is 2.12 bits per heavy atom. The van der Waals surface area contributed by atoms with Crippen molar-refractivity contribution in [2.45, 2.75) is 4.90 Å². The first-order valence-corrected chi connectivity index (χ1v) is 7.14. The molecule has 0 amide bonds. The Bertz CT molecular complexity index is 516. The molecule has 0 aliphatic heterocycles. The summed E-state index contributed by atoms with van der Waals surface area (Å²) in [7, 11) is -3.65. The first-order chi connectivity index (χ1) is 7.33. The van der Waals surface area contributed by atoms with Gasteiger partial charge in [-0.1, -0.05) is 45.7 Å². The molecule has 0 aliphatic carbocycles. The maximum Gasteiger partial charge on any atom is 0.242 e. The van der Waals surface area contributed by atoms with E-state index in [1.165, 1.54) is 12.1 Å². The highest BCUT2D eigenvalue weighted by Crippen LogP contribution is 2.25. The first kappa shape index (κ1) is 14.0. The van der Waals surface area contributed by atoms with Gasteiger partial charge in [-0.15, -0.1) is 0 Å². The van der Waals surface area contributed by atoms with E-state index in [9.17, 15) is 8.42 Å². The van der Waals surface area contributed by atoms with Crippen molar-refractivity contribution in [1.82, 2.24) is 4.72 Å². The lowest BCUT2D eigenvalue weighted by Gasteiger charge is -2.07. The molecule has 0 atom stereocenters. The van der Waals surface area contributed by atoms with Crippen LogP contribution >= 0.6 is 39.1 Å². The largest absolute Gasteiger partial charge is 0.242 e. The van der Waals surface area contributed by atoms with Gasteiger partial charge in [0.15, 0.2) is 0 Å².